The van der Waals surface area contributed by atoms with Crippen molar-refractivity contribution < 1.29 is 34.2 Å². The number of imide groups is 1. The van der Waals surface area contributed by atoms with E-state index in [1.165, 1.54) is 4.58 Å². The molecule has 4 aliphatic rings. The molecule has 0 aromatic heterocycles. The Kier molecular flexibility index (Phi) is 6.43. The molecule has 0 radical (unpaired) electrons. The maximum atomic E-state index is 13.7. The Morgan fingerprint density at radius 3 is 2.17 bits per heavy atom. The van der Waals surface area contributed by atoms with Crippen molar-refractivity contribution in [2.45, 2.75) is 94.8 Å². The molecule has 5 rings (SSSR count). The van der Waals surface area contributed by atoms with Gasteiger partial charge in [0.15, 0.2) is 6.04 Å². The Morgan fingerprint density at radius 1 is 1.07 bits per heavy atom. The van der Waals surface area contributed by atoms with Crippen LogP contribution < -0.4 is 32.4 Å². The zero-order valence-electron chi connectivity index (χ0n) is 24.5. The van der Waals surface area contributed by atoms with Gasteiger partial charge in [-0.05, 0) is 34.1 Å². The van der Waals surface area contributed by atoms with Gasteiger partial charge in [0.05, 0.1) is 13.1 Å². The number of nitrogens with zero attached hydrogens (tertiary/aromatic N) is 2. The van der Waals surface area contributed by atoms with Crippen LogP contribution in [0, 0.1) is 0 Å². The highest BCUT2D eigenvalue weighted by Crippen LogP contribution is 2.38. The lowest BCUT2D eigenvalue weighted by Gasteiger charge is -2.41. The number of amides is 3. The number of nitrogens with one attached hydrogen (secondary N) is 4. The largest absolute Gasteiger partial charge is 0.358 e. The highest BCUT2D eigenvalue weighted by molar-refractivity contribution is 6.02. The number of likely N-dealkylation sites (tertiary alicyclic amines) is 1. The van der Waals surface area contributed by atoms with E-state index in [1.807, 2.05) is 12.1 Å². The van der Waals surface area contributed by atoms with Crippen LogP contribution in [0.1, 0.15) is 75.9 Å². The monoisotopic (exact) mass is 570 g/mol. The molecular weight excluding hydrogens is 528 g/mol. The van der Waals surface area contributed by atoms with Crippen LogP contribution in [0.2, 0.25) is 0 Å². The third-order valence-electron chi connectivity index (χ3n) is 8.72. The molecule has 4 heterocycles. The molecule has 2 saturated heterocycles. The SMILES string of the molecule is CC(C)(C)c1cc(C(=O)NC2C[N+]3=C(N)N[C@@H](CN4C(=O)CCC4=O)[C@@H]4[NH+]=C(N)N[C@@]43C2(O)O)cc(C(C)(C)C)c1. The Bertz CT molecular complexity index is 1340. The van der Waals surface area contributed by atoms with Crippen molar-refractivity contribution in [2.75, 3.05) is 13.1 Å². The minimum Gasteiger partial charge on any atom is -0.358 e. The lowest BCUT2D eigenvalue weighted by atomic mass is 9.79. The van der Waals surface area contributed by atoms with Crippen LogP contribution in [-0.4, -0.2) is 92.0 Å². The molecule has 1 unspecified atom stereocenters. The predicted octanol–water partition coefficient (Wildman–Crippen LogP) is -3.41. The number of rotatable bonds is 4. The molecule has 1 aromatic carbocycles. The molecule has 4 atom stereocenters. The second-order valence-electron chi connectivity index (χ2n) is 13.6. The fourth-order valence-corrected chi connectivity index (χ4v) is 6.28. The van der Waals surface area contributed by atoms with Gasteiger partial charge < -0.3 is 15.5 Å². The number of guanidine groups is 2. The zero-order chi connectivity index (χ0) is 30.3. The summed E-state index contributed by atoms with van der Waals surface area (Å²) in [6, 6.07) is 3.01. The van der Waals surface area contributed by atoms with Crippen molar-refractivity contribution >= 4 is 29.6 Å². The number of benzene rings is 1. The van der Waals surface area contributed by atoms with E-state index in [9.17, 15) is 24.6 Å². The van der Waals surface area contributed by atoms with Gasteiger partial charge in [-0.25, -0.2) is 9.89 Å². The van der Waals surface area contributed by atoms with Gasteiger partial charge in [-0.3, -0.25) is 41.1 Å². The van der Waals surface area contributed by atoms with Gasteiger partial charge in [0, 0.05) is 18.4 Å². The summed E-state index contributed by atoms with van der Waals surface area (Å²) in [7, 11) is 0. The first kappa shape index (κ1) is 28.8. The van der Waals surface area contributed by atoms with Crippen molar-refractivity contribution in [1.82, 2.24) is 20.9 Å². The second kappa shape index (κ2) is 9.15. The maximum absolute atomic E-state index is 13.7. The second-order valence-corrected chi connectivity index (χ2v) is 13.6. The number of nitrogens with two attached hydrogens (primary N) is 2. The van der Waals surface area contributed by atoms with E-state index in [0.29, 0.717) is 5.56 Å². The molecule has 13 heteroatoms. The maximum Gasteiger partial charge on any atom is 0.347 e. The molecule has 13 nitrogen and oxygen atoms in total. The summed E-state index contributed by atoms with van der Waals surface area (Å²) >= 11 is 0. The van der Waals surface area contributed by atoms with E-state index in [0.717, 1.165) is 16.0 Å². The topological polar surface area (TPSA) is 200 Å². The number of carbonyl (C=O) groups is 3. The molecule has 222 valence electrons. The van der Waals surface area contributed by atoms with Gasteiger partial charge in [0.25, 0.3) is 17.4 Å². The van der Waals surface area contributed by atoms with E-state index in [2.05, 4.69) is 68.6 Å². The Labute approximate surface area is 239 Å². The molecule has 0 saturated carbocycles. The predicted molar refractivity (Wildman–Crippen MR) is 149 cm³/mol. The summed E-state index contributed by atoms with van der Waals surface area (Å²) in [5, 5.41) is 32.4. The smallest absolute Gasteiger partial charge is 0.347 e. The zero-order valence-corrected chi connectivity index (χ0v) is 24.5. The minimum absolute atomic E-state index is 0.0527. The Hall–Kier alpha value is -3.71. The van der Waals surface area contributed by atoms with E-state index >= 15 is 0 Å². The van der Waals surface area contributed by atoms with Crippen molar-refractivity contribution in [1.29, 1.82) is 0 Å². The number of hydrogen-bond acceptors (Lipinski definition) is 9. The van der Waals surface area contributed by atoms with Crippen LogP contribution in [0.15, 0.2) is 18.2 Å². The first-order valence-corrected chi connectivity index (χ1v) is 13.9. The number of aliphatic hydroxyl groups is 2. The molecule has 0 aliphatic carbocycles. The van der Waals surface area contributed by atoms with Crippen molar-refractivity contribution in [3.8, 4) is 0 Å². The molecule has 3 amide bonds. The molecule has 2 fully saturated rings. The van der Waals surface area contributed by atoms with Crippen LogP contribution >= 0.6 is 0 Å². The van der Waals surface area contributed by atoms with E-state index in [-0.39, 0.29) is 60.5 Å². The molecular formula is C28H42N8O5+2. The molecule has 4 aliphatic heterocycles. The van der Waals surface area contributed by atoms with Gasteiger partial charge in [0.1, 0.15) is 12.1 Å². The van der Waals surface area contributed by atoms with Gasteiger partial charge in [-0.2, -0.15) is 0 Å². The highest BCUT2D eigenvalue weighted by atomic mass is 16.5. The number of hydrogen-bond donors (Lipinski definition) is 8. The number of carbonyl (C=O) groups excluding carboxylic acids is 3. The lowest BCUT2D eigenvalue weighted by Crippen LogP contribution is -2.92. The fraction of sp³-hybridized carbons (Fsp3) is 0.607. The third-order valence-corrected chi connectivity index (χ3v) is 8.72. The van der Waals surface area contributed by atoms with Crippen molar-refractivity contribution in [3.05, 3.63) is 34.9 Å². The molecule has 1 spiro atoms. The van der Waals surface area contributed by atoms with Gasteiger partial charge in [-0.15, -0.1) is 0 Å². The fourth-order valence-electron chi connectivity index (χ4n) is 6.28. The average Bonchev–Trinajstić information content (AvgIpc) is 3.45. The van der Waals surface area contributed by atoms with Crippen LogP contribution in [0.3, 0.4) is 0 Å². The van der Waals surface area contributed by atoms with Crippen LogP contribution in [-0.2, 0) is 20.4 Å². The van der Waals surface area contributed by atoms with Gasteiger partial charge in [0.2, 0.25) is 11.8 Å². The van der Waals surface area contributed by atoms with Crippen molar-refractivity contribution in [3.63, 3.8) is 0 Å². The minimum atomic E-state index is -2.58. The molecule has 0 bridgehead atoms. The Morgan fingerprint density at radius 2 is 1.63 bits per heavy atom. The standard InChI is InChI=1S/C28H40N8O5/c1-25(2,3)15-9-14(10-16(11-15)26(4,5)6)22(39)32-18-13-36-24(30)31-17(12-35-19(37)7-8-20(35)38)21-27(36,28(18,40)41)34-23(29)33-21/h9-11,17-18,21,40-41H,7-8,12-13H2,1-6H3,(H6,29,30,31,32,33,34,39)/p+2/t17-,18?,21-,27-/m0/s1. The van der Waals surface area contributed by atoms with Crippen LogP contribution in [0.4, 0.5) is 0 Å². The molecule has 1 aromatic rings. The molecule has 41 heavy (non-hydrogen) atoms. The summed E-state index contributed by atoms with van der Waals surface area (Å²) in [5.41, 5.74) is 12.7. The highest BCUT2D eigenvalue weighted by Gasteiger charge is 2.78. The van der Waals surface area contributed by atoms with E-state index < -0.39 is 35.5 Å². The van der Waals surface area contributed by atoms with Gasteiger partial charge >= 0.3 is 11.9 Å². The summed E-state index contributed by atoms with van der Waals surface area (Å²) < 4.78 is 1.52. The van der Waals surface area contributed by atoms with Crippen LogP contribution in [0.25, 0.3) is 0 Å². The lowest BCUT2D eigenvalue weighted by molar-refractivity contribution is -0.674. The van der Waals surface area contributed by atoms with E-state index in [1.54, 1.807) is 0 Å². The van der Waals surface area contributed by atoms with Crippen molar-refractivity contribution in [2.24, 2.45) is 11.5 Å². The van der Waals surface area contributed by atoms with Crippen LogP contribution in [0.5, 0.6) is 0 Å². The normalized spacial score (nSPS) is 29.1. The molecule has 10 N–H and O–H groups in total. The Balaban J connectivity index is 1.48. The first-order chi connectivity index (χ1) is 18.9. The first-order valence-electron chi connectivity index (χ1n) is 13.9. The summed E-state index contributed by atoms with van der Waals surface area (Å²) in [4.78, 5) is 42.6. The quantitative estimate of drug-likeness (QED) is 0.103. The van der Waals surface area contributed by atoms with E-state index in [4.69, 9.17) is 11.5 Å². The summed E-state index contributed by atoms with van der Waals surface area (Å²) in [6.45, 7) is 12.3. The third kappa shape index (κ3) is 4.51. The summed E-state index contributed by atoms with van der Waals surface area (Å²) in [5.74, 6) is -3.52. The van der Waals surface area contributed by atoms with Gasteiger partial charge in [-0.1, -0.05) is 47.6 Å². The average molecular weight is 571 g/mol. The summed E-state index contributed by atoms with van der Waals surface area (Å²) in [6.07, 6.45) is 0.246.